The van der Waals surface area contributed by atoms with Gasteiger partial charge in [0.2, 0.25) is 6.33 Å². The first kappa shape index (κ1) is 45.0. The molecule has 0 amide bonds. The summed E-state index contributed by atoms with van der Waals surface area (Å²) in [6.45, 7) is 8.30. The molecule has 0 spiro atoms. The molecule has 3 rings (SSSR count). The van der Waals surface area contributed by atoms with E-state index in [1.54, 1.807) is 0 Å². The first-order valence-corrected chi connectivity index (χ1v) is 23.3. The number of aryl methyl sites for hydroxylation is 1. The van der Waals surface area contributed by atoms with Gasteiger partial charge in [-0.25, -0.2) is 9.13 Å². The molecule has 53 heavy (non-hydrogen) atoms. The molecule has 1 heterocycles. The lowest BCUT2D eigenvalue weighted by Crippen LogP contribution is -2.38. The quantitative estimate of drug-likeness (QED) is 0.0422. The Bertz CT molecular complexity index is 1220. The molecule has 0 radical (unpaired) electrons. The van der Waals surface area contributed by atoms with Gasteiger partial charge in [-0.2, -0.15) is 0 Å². The fourth-order valence-electron chi connectivity index (χ4n) is 8.80. The van der Waals surface area contributed by atoms with Gasteiger partial charge in [-0.15, -0.1) is 0 Å². The average Bonchev–Trinajstić information content (AvgIpc) is 3.65. The molecule has 0 N–H and O–H groups in total. The normalized spacial score (nSPS) is 13.3. The second-order valence-electron chi connectivity index (χ2n) is 17.0. The number of nitrogens with zero attached hydrogens (tertiary/aromatic N) is 2. The molecule has 0 fully saturated rings. The Labute approximate surface area is 330 Å². The third kappa shape index (κ3) is 19.7. The van der Waals surface area contributed by atoms with E-state index in [9.17, 15) is 0 Å². The number of imidazole rings is 1. The number of hydrogen-bond acceptors (Lipinski definition) is 0. The van der Waals surface area contributed by atoms with Crippen LogP contribution in [-0.4, -0.2) is 4.57 Å². The van der Waals surface area contributed by atoms with Crippen molar-refractivity contribution in [3.8, 4) is 0 Å². The number of rotatable bonds is 35. The van der Waals surface area contributed by atoms with Crippen LogP contribution in [-0.2, 0) is 18.4 Å². The lowest BCUT2D eigenvalue weighted by atomic mass is 9.70. The first-order valence-electron chi connectivity index (χ1n) is 23.3. The maximum Gasteiger partial charge on any atom is 0.244 e. The molecule has 2 atom stereocenters. The fraction of sp³-hybridized carbons (Fsp3) is 0.706. The van der Waals surface area contributed by atoms with E-state index in [4.69, 9.17) is 0 Å². The summed E-state index contributed by atoms with van der Waals surface area (Å²) in [5, 5.41) is 0. The third-order valence-electron chi connectivity index (χ3n) is 12.3. The lowest BCUT2D eigenvalue weighted by Gasteiger charge is -2.37. The SMILES string of the molecule is CCCCCCCCCCCCCCCCC(n1cc[n+](CCCCCCCCCCCCCCCC)c1)C(C)(Cc1ccccc1)c1ccccc1. The highest BCUT2D eigenvalue weighted by atomic mass is 15.1. The minimum absolute atomic E-state index is 0.00502. The Morgan fingerprint density at radius 1 is 0.491 bits per heavy atom. The highest BCUT2D eigenvalue weighted by Gasteiger charge is 2.40. The third-order valence-corrected chi connectivity index (χ3v) is 12.3. The Balaban J connectivity index is 1.47. The van der Waals surface area contributed by atoms with Gasteiger partial charge in [-0.1, -0.05) is 242 Å². The molecular formula is C51H85N2+. The van der Waals surface area contributed by atoms with E-state index >= 15 is 0 Å². The van der Waals surface area contributed by atoms with Crippen LogP contribution in [0.4, 0.5) is 0 Å². The standard InChI is InChI=1S/C51H85N2/c1-4-6-8-10-12-14-16-18-20-22-24-26-28-36-42-50(51(3,49-40-34-31-35-41-49)46-48-38-32-30-33-39-48)53-45-44-52(47-53)43-37-29-27-25-23-21-19-17-15-13-11-9-7-5-2/h30-35,38-41,44-45,47,50H,4-29,36-37,42-43,46H2,1-3H3/q+1. The van der Waals surface area contributed by atoms with E-state index < -0.39 is 0 Å². The average molecular weight is 726 g/mol. The van der Waals surface area contributed by atoms with Gasteiger partial charge in [0.05, 0.1) is 6.54 Å². The van der Waals surface area contributed by atoms with Crippen LogP contribution in [0.15, 0.2) is 79.4 Å². The smallest absolute Gasteiger partial charge is 0.237 e. The van der Waals surface area contributed by atoms with Crippen LogP contribution < -0.4 is 4.57 Å². The zero-order valence-corrected chi connectivity index (χ0v) is 35.4. The van der Waals surface area contributed by atoms with Crippen molar-refractivity contribution in [1.29, 1.82) is 0 Å². The number of unbranched alkanes of at least 4 members (excludes halogenated alkanes) is 26. The van der Waals surface area contributed by atoms with Crippen molar-refractivity contribution in [2.75, 3.05) is 0 Å². The molecule has 2 heteroatoms. The van der Waals surface area contributed by atoms with E-state index in [-0.39, 0.29) is 5.41 Å². The Morgan fingerprint density at radius 3 is 1.34 bits per heavy atom. The molecule has 0 bridgehead atoms. The maximum absolute atomic E-state index is 2.60. The Kier molecular flexibility index (Phi) is 25.4. The van der Waals surface area contributed by atoms with E-state index in [0.717, 1.165) is 13.0 Å². The molecule has 0 aliphatic rings. The molecule has 0 saturated carbocycles. The molecule has 2 nitrogen and oxygen atoms in total. The maximum atomic E-state index is 2.60. The molecular weight excluding hydrogens is 641 g/mol. The van der Waals surface area contributed by atoms with Gasteiger partial charge in [0.25, 0.3) is 0 Å². The zero-order chi connectivity index (χ0) is 37.5. The molecule has 298 valence electrons. The minimum atomic E-state index is 0.00502. The van der Waals surface area contributed by atoms with Crippen LogP contribution in [0.5, 0.6) is 0 Å². The van der Waals surface area contributed by atoms with Crippen LogP contribution in [0, 0.1) is 0 Å². The summed E-state index contributed by atoms with van der Waals surface area (Å²) in [6.07, 6.45) is 49.1. The molecule has 1 aromatic heterocycles. The summed E-state index contributed by atoms with van der Waals surface area (Å²) in [6, 6.07) is 23.1. The molecule has 3 aromatic rings. The van der Waals surface area contributed by atoms with Gasteiger partial charge in [0, 0.05) is 5.41 Å². The van der Waals surface area contributed by atoms with Crippen molar-refractivity contribution in [3.63, 3.8) is 0 Å². The fourth-order valence-corrected chi connectivity index (χ4v) is 8.80. The zero-order valence-electron chi connectivity index (χ0n) is 35.4. The predicted octanol–water partition coefficient (Wildman–Crippen LogP) is 15.9. The minimum Gasteiger partial charge on any atom is -0.237 e. The summed E-state index contributed by atoms with van der Waals surface area (Å²) < 4.78 is 5.08. The van der Waals surface area contributed by atoms with Gasteiger partial charge < -0.3 is 0 Å². The van der Waals surface area contributed by atoms with Gasteiger partial charge in [-0.05, 0) is 43.2 Å². The van der Waals surface area contributed by atoms with Crippen molar-refractivity contribution in [3.05, 3.63) is 90.5 Å². The second-order valence-corrected chi connectivity index (χ2v) is 17.0. The van der Waals surface area contributed by atoms with Crippen LogP contribution in [0.1, 0.15) is 224 Å². The van der Waals surface area contributed by atoms with Crippen molar-refractivity contribution >= 4 is 0 Å². The van der Waals surface area contributed by atoms with E-state index in [1.165, 1.54) is 197 Å². The molecule has 0 aliphatic carbocycles. The summed E-state index contributed by atoms with van der Waals surface area (Å²) in [4.78, 5) is 0. The van der Waals surface area contributed by atoms with E-state index in [0.29, 0.717) is 6.04 Å². The molecule has 2 unspecified atom stereocenters. The topological polar surface area (TPSA) is 8.81 Å². The summed E-state index contributed by atoms with van der Waals surface area (Å²) >= 11 is 0. The van der Waals surface area contributed by atoms with Crippen LogP contribution in [0.2, 0.25) is 0 Å². The highest BCUT2D eigenvalue weighted by molar-refractivity contribution is 5.30. The van der Waals surface area contributed by atoms with E-state index in [1.807, 2.05) is 0 Å². The number of benzene rings is 2. The van der Waals surface area contributed by atoms with Gasteiger partial charge >= 0.3 is 0 Å². The monoisotopic (exact) mass is 726 g/mol. The van der Waals surface area contributed by atoms with Gasteiger partial charge in [0.15, 0.2) is 0 Å². The Hall–Kier alpha value is -2.35. The van der Waals surface area contributed by atoms with Crippen molar-refractivity contribution < 1.29 is 4.57 Å². The van der Waals surface area contributed by atoms with Crippen LogP contribution in [0.3, 0.4) is 0 Å². The van der Waals surface area contributed by atoms with Crippen molar-refractivity contribution in [2.45, 2.75) is 231 Å². The Morgan fingerprint density at radius 2 is 0.887 bits per heavy atom. The summed E-state index contributed by atoms with van der Waals surface area (Å²) in [5.41, 5.74) is 2.91. The highest BCUT2D eigenvalue weighted by Crippen LogP contribution is 2.41. The summed E-state index contributed by atoms with van der Waals surface area (Å²) in [7, 11) is 0. The van der Waals surface area contributed by atoms with Crippen molar-refractivity contribution in [2.24, 2.45) is 0 Å². The summed E-state index contributed by atoms with van der Waals surface area (Å²) in [5.74, 6) is 0. The molecule has 0 saturated heterocycles. The molecule has 0 aliphatic heterocycles. The number of hydrogen-bond donors (Lipinski definition) is 0. The van der Waals surface area contributed by atoms with E-state index in [2.05, 4.69) is 109 Å². The second kappa shape index (κ2) is 29.9. The van der Waals surface area contributed by atoms with Gasteiger partial charge in [-0.3, -0.25) is 0 Å². The van der Waals surface area contributed by atoms with Crippen LogP contribution in [0.25, 0.3) is 0 Å². The predicted molar refractivity (Wildman–Crippen MR) is 233 cm³/mol. The van der Waals surface area contributed by atoms with Gasteiger partial charge in [0.1, 0.15) is 18.4 Å². The first-order chi connectivity index (χ1) is 26.2. The lowest BCUT2D eigenvalue weighted by molar-refractivity contribution is -0.697. The van der Waals surface area contributed by atoms with Crippen LogP contribution >= 0.6 is 0 Å². The largest absolute Gasteiger partial charge is 0.244 e. The van der Waals surface area contributed by atoms with Crippen molar-refractivity contribution in [1.82, 2.24) is 4.57 Å². The molecule has 2 aromatic carbocycles. The number of aromatic nitrogens is 2.